The van der Waals surface area contributed by atoms with Crippen molar-refractivity contribution in [2.45, 2.75) is 13.8 Å². The Morgan fingerprint density at radius 3 is 2.47 bits per heavy atom. The van der Waals surface area contributed by atoms with E-state index >= 15 is 0 Å². The molecule has 0 aliphatic carbocycles. The van der Waals surface area contributed by atoms with Crippen molar-refractivity contribution in [3.63, 3.8) is 0 Å². The minimum atomic E-state index is -0.812. The molecule has 0 saturated carbocycles. The maximum absolute atomic E-state index is 11.4. The van der Waals surface area contributed by atoms with E-state index in [9.17, 15) is 9.90 Å². The number of rotatable bonds is 3. The van der Waals surface area contributed by atoms with Crippen molar-refractivity contribution in [3.8, 4) is 6.07 Å². The van der Waals surface area contributed by atoms with Crippen LogP contribution in [0.15, 0.2) is 29.8 Å². The third-order valence-electron chi connectivity index (χ3n) is 2.15. The summed E-state index contributed by atoms with van der Waals surface area (Å²) in [6.45, 7) is 3.70. The Morgan fingerprint density at radius 1 is 1.41 bits per heavy atom. The first-order chi connectivity index (χ1) is 8.10. The molecule has 1 aromatic carbocycles. The Balaban J connectivity index is 3.13. The number of nitriles is 1. The molecule has 0 unspecified atom stereocenters. The molecule has 0 bridgehead atoms. The number of esters is 1. The normalized spacial score (nSPS) is 11.4. The molecule has 0 radical (unpaired) electrons. The molecule has 0 spiro atoms. The van der Waals surface area contributed by atoms with E-state index in [0.717, 1.165) is 5.56 Å². The average Bonchev–Trinajstić information content (AvgIpc) is 2.31. The van der Waals surface area contributed by atoms with Gasteiger partial charge in [-0.25, -0.2) is 4.79 Å². The third kappa shape index (κ3) is 3.08. The largest absolute Gasteiger partial charge is 0.506 e. The second-order valence-electron chi connectivity index (χ2n) is 3.42. The molecule has 4 heteroatoms. The smallest absolute Gasteiger partial charge is 0.352 e. The van der Waals surface area contributed by atoms with Crippen LogP contribution in [0.3, 0.4) is 0 Å². The minimum absolute atomic E-state index is 0.158. The van der Waals surface area contributed by atoms with Crippen molar-refractivity contribution in [1.82, 2.24) is 0 Å². The van der Waals surface area contributed by atoms with Crippen molar-refractivity contribution in [3.05, 3.63) is 41.0 Å². The summed E-state index contributed by atoms with van der Waals surface area (Å²) in [7, 11) is 0. The van der Waals surface area contributed by atoms with Crippen molar-refractivity contribution >= 4 is 11.7 Å². The number of aliphatic hydroxyl groups is 1. The number of carbonyl (C=O) groups excluding carboxylic acids is 1. The first-order valence-electron chi connectivity index (χ1n) is 5.17. The SMILES string of the molecule is CCOC(=O)C(C#N)=C(O)c1ccc(C)cc1. The van der Waals surface area contributed by atoms with Gasteiger partial charge in [0.2, 0.25) is 0 Å². The molecule has 4 nitrogen and oxygen atoms in total. The standard InChI is InChI=1S/C13H13NO3/c1-3-17-13(16)11(8-14)12(15)10-6-4-9(2)5-7-10/h4-7,15H,3H2,1-2H3. The number of aryl methyl sites for hydroxylation is 1. The number of carbonyl (C=O) groups is 1. The number of benzene rings is 1. The fourth-order valence-corrected chi connectivity index (χ4v) is 1.25. The summed E-state index contributed by atoms with van der Waals surface area (Å²) >= 11 is 0. The van der Waals surface area contributed by atoms with Crippen molar-refractivity contribution in [2.24, 2.45) is 0 Å². The number of hydrogen-bond acceptors (Lipinski definition) is 4. The molecule has 0 aliphatic heterocycles. The zero-order valence-electron chi connectivity index (χ0n) is 9.73. The van der Waals surface area contributed by atoms with E-state index < -0.39 is 5.97 Å². The van der Waals surface area contributed by atoms with Crippen molar-refractivity contribution < 1.29 is 14.6 Å². The predicted octanol–water partition coefficient (Wildman–Crippen LogP) is 2.35. The van der Waals surface area contributed by atoms with Crippen LogP contribution in [0, 0.1) is 18.3 Å². The summed E-state index contributed by atoms with van der Waals surface area (Å²) in [4.78, 5) is 11.4. The van der Waals surface area contributed by atoms with Crippen molar-refractivity contribution in [2.75, 3.05) is 6.61 Å². The molecule has 0 aromatic heterocycles. The molecule has 0 saturated heterocycles. The van der Waals surface area contributed by atoms with Crippen LogP contribution in [-0.2, 0) is 9.53 Å². The summed E-state index contributed by atoms with van der Waals surface area (Å²) in [5, 5.41) is 18.7. The zero-order valence-corrected chi connectivity index (χ0v) is 9.73. The zero-order chi connectivity index (χ0) is 12.8. The van der Waals surface area contributed by atoms with Gasteiger partial charge in [-0.1, -0.05) is 29.8 Å². The highest BCUT2D eigenvalue weighted by Gasteiger charge is 2.17. The molecular weight excluding hydrogens is 218 g/mol. The molecule has 0 fully saturated rings. The minimum Gasteiger partial charge on any atom is -0.506 e. The van der Waals surface area contributed by atoms with Crippen LogP contribution in [0.5, 0.6) is 0 Å². The topological polar surface area (TPSA) is 70.3 Å². The van der Waals surface area contributed by atoms with Gasteiger partial charge in [-0.15, -0.1) is 0 Å². The molecule has 1 N–H and O–H groups in total. The molecule has 1 rings (SSSR count). The van der Waals surface area contributed by atoms with Gasteiger partial charge in [-0.2, -0.15) is 5.26 Å². The van der Waals surface area contributed by atoms with E-state index in [-0.39, 0.29) is 17.9 Å². The summed E-state index contributed by atoms with van der Waals surface area (Å²) in [6.07, 6.45) is 0. The van der Waals surface area contributed by atoms with Crippen LogP contribution in [0.4, 0.5) is 0 Å². The van der Waals surface area contributed by atoms with E-state index in [4.69, 9.17) is 5.26 Å². The molecule has 88 valence electrons. The lowest BCUT2D eigenvalue weighted by Crippen LogP contribution is -2.08. The van der Waals surface area contributed by atoms with Crippen LogP contribution in [-0.4, -0.2) is 17.7 Å². The van der Waals surface area contributed by atoms with Crippen LogP contribution >= 0.6 is 0 Å². The molecule has 0 heterocycles. The predicted molar refractivity (Wildman–Crippen MR) is 63.0 cm³/mol. The van der Waals surface area contributed by atoms with Crippen LogP contribution < -0.4 is 0 Å². The number of nitrogens with zero attached hydrogens (tertiary/aromatic N) is 1. The molecular formula is C13H13NO3. The van der Waals surface area contributed by atoms with E-state index in [0.29, 0.717) is 5.56 Å². The molecule has 17 heavy (non-hydrogen) atoms. The summed E-state index contributed by atoms with van der Waals surface area (Å²) in [5.41, 5.74) is 1.06. The first-order valence-corrected chi connectivity index (χ1v) is 5.17. The monoisotopic (exact) mass is 231 g/mol. The Hall–Kier alpha value is -2.28. The Bertz CT molecular complexity index is 480. The fraction of sp³-hybridized carbons (Fsp3) is 0.231. The maximum atomic E-state index is 11.4. The lowest BCUT2D eigenvalue weighted by molar-refractivity contribution is -0.138. The van der Waals surface area contributed by atoms with Gasteiger partial charge >= 0.3 is 5.97 Å². The van der Waals surface area contributed by atoms with E-state index in [1.54, 1.807) is 37.3 Å². The summed E-state index contributed by atoms with van der Waals surface area (Å²) < 4.78 is 4.68. The lowest BCUT2D eigenvalue weighted by atomic mass is 10.1. The molecule has 0 atom stereocenters. The highest BCUT2D eigenvalue weighted by Crippen LogP contribution is 2.17. The van der Waals surface area contributed by atoms with Gasteiger partial charge in [0, 0.05) is 5.56 Å². The third-order valence-corrected chi connectivity index (χ3v) is 2.15. The Kier molecular flexibility index (Phi) is 4.29. The molecule has 1 aromatic rings. The fourth-order valence-electron chi connectivity index (χ4n) is 1.25. The number of ether oxygens (including phenoxy) is 1. The van der Waals surface area contributed by atoms with Gasteiger partial charge in [0.1, 0.15) is 11.8 Å². The van der Waals surface area contributed by atoms with Gasteiger partial charge in [-0.05, 0) is 13.8 Å². The Morgan fingerprint density at radius 2 is 2.00 bits per heavy atom. The summed E-state index contributed by atoms with van der Waals surface area (Å²) in [5.74, 6) is -1.17. The second kappa shape index (κ2) is 5.71. The number of aliphatic hydroxyl groups excluding tert-OH is 1. The van der Waals surface area contributed by atoms with Gasteiger partial charge < -0.3 is 9.84 Å². The maximum Gasteiger partial charge on any atom is 0.352 e. The lowest BCUT2D eigenvalue weighted by Gasteiger charge is -2.04. The quantitative estimate of drug-likeness (QED) is 0.375. The Labute approximate surface area is 99.8 Å². The van der Waals surface area contributed by atoms with Crippen molar-refractivity contribution in [1.29, 1.82) is 5.26 Å². The van der Waals surface area contributed by atoms with E-state index in [2.05, 4.69) is 4.74 Å². The number of hydrogen-bond donors (Lipinski definition) is 1. The van der Waals surface area contributed by atoms with Crippen LogP contribution in [0.25, 0.3) is 5.76 Å². The van der Waals surface area contributed by atoms with Crippen LogP contribution in [0.1, 0.15) is 18.1 Å². The first kappa shape index (κ1) is 12.8. The van der Waals surface area contributed by atoms with E-state index in [1.165, 1.54) is 0 Å². The van der Waals surface area contributed by atoms with Gasteiger partial charge in [0.15, 0.2) is 5.57 Å². The average molecular weight is 231 g/mol. The van der Waals surface area contributed by atoms with E-state index in [1.807, 2.05) is 6.92 Å². The highest BCUT2D eigenvalue weighted by molar-refractivity contribution is 5.99. The second-order valence-corrected chi connectivity index (χ2v) is 3.42. The van der Waals surface area contributed by atoms with Crippen LogP contribution in [0.2, 0.25) is 0 Å². The molecule has 0 aliphatic rings. The highest BCUT2D eigenvalue weighted by atomic mass is 16.5. The van der Waals surface area contributed by atoms with Gasteiger partial charge in [-0.3, -0.25) is 0 Å². The summed E-state index contributed by atoms with van der Waals surface area (Å²) in [6, 6.07) is 8.50. The van der Waals surface area contributed by atoms with Gasteiger partial charge in [0.05, 0.1) is 6.61 Å². The molecule has 0 amide bonds. The van der Waals surface area contributed by atoms with Gasteiger partial charge in [0.25, 0.3) is 0 Å².